The zero-order chi connectivity index (χ0) is 11.1. The SMILES string of the molecule is O=C1C[C@@H]2O[C@H]1[C@H](Br)[C@H]2[Se]c1ccccc1. The maximum atomic E-state index is 11.5. The number of carbonyl (C=O) groups excluding carboxylic acids is 1. The van der Waals surface area contributed by atoms with Crippen LogP contribution in [0.25, 0.3) is 0 Å². The summed E-state index contributed by atoms with van der Waals surface area (Å²) in [6.07, 6.45) is 0.592. The Morgan fingerprint density at radius 2 is 2.06 bits per heavy atom. The van der Waals surface area contributed by atoms with Crippen LogP contribution in [0.4, 0.5) is 0 Å². The zero-order valence-corrected chi connectivity index (χ0v) is 11.8. The Hall–Kier alpha value is -0.151. The number of hydrogen-bond acceptors (Lipinski definition) is 2. The Morgan fingerprint density at radius 1 is 1.31 bits per heavy atom. The summed E-state index contributed by atoms with van der Waals surface area (Å²) in [5.41, 5.74) is 0. The third kappa shape index (κ3) is 1.78. The van der Waals surface area contributed by atoms with E-state index in [1.807, 2.05) is 6.07 Å². The molecule has 3 rings (SSSR count). The molecule has 2 saturated heterocycles. The standard InChI is InChI=1S/C12H11BrO2Se/c13-10-11-8(14)6-9(15-11)12(10)16-7-4-2-1-3-5-7/h1-5,9-12H,6H2/t9-,10-,11+,12-/m0/s1. The van der Waals surface area contributed by atoms with Crippen LogP contribution < -0.4 is 4.46 Å². The maximum absolute atomic E-state index is 11.5. The van der Waals surface area contributed by atoms with Gasteiger partial charge in [0, 0.05) is 0 Å². The molecule has 0 saturated carbocycles. The number of ether oxygens (including phenoxy) is 1. The van der Waals surface area contributed by atoms with Crippen LogP contribution >= 0.6 is 15.9 Å². The Kier molecular flexibility index (Phi) is 2.92. The monoisotopic (exact) mass is 346 g/mol. The number of alkyl halides is 1. The first kappa shape index (κ1) is 11.0. The molecule has 2 heterocycles. The van der Waals surface area contributed by atoms with Gasteiger partial charge in [0.1, 0.15) is 0 Å². The number of halogens is 1. The summed E-state index contributed by atoms with van der Waals surface area (Å²) in [4.78, 5) is 12.2. The topological polar surface area (TPSA) is 26.3 Å². The van der Waals surface area contributed by atoms with Crippen molar-refractivity contribution in [3.8, 4) is 0 Å². The van der Waals surface area contributed by atoms with E-state index in [1.54, 1.807) is 0 Å². The van der Waals surface area contributed by atoms with E-state index in [1.165, 1.54) is 4.46 Å². The zero-order valence-electron chi connectivity index (χ0n) is 8.51. The quantitative estimate of drug-likeness (QED) is 0.596. The van der Waals surface area contributed by atoms with Gasteiger partial charge in [0.15, 0.2) is 0 Å². The predicted octanol–water partition coefficient (Wildman–Crippen LogP) is 1.31. The van der Waals surface area contributed by atoms with Crippen molar-refractivity contribution in [2.24, 2.45) is 0 Å². The molecule has 0 radical (unpaired) electrons. The summed E-state index contributed by atoms with van der Waals surface area (Å²) < 4.78 is 7.08. The molecule has 2 aliphatic heterocycles. The molecule has 0 spiro atoms. The van der Waals surface area contributed by atoms with Crippen molar-refractivity contribution in [2.45, 2.75) is 28.3 Å². The molecule has 4 atom stereocenters. The van der Waals surface area contributed by atoms with E-state index < -0.39 is 0 Å². The van der Waals surface area contributed by atoms with Crippen LogP contribution in [0.15, 0.2) is 30.3 Å². The van der Waals surface area contributed by atoms with E-state index in [-0.39, 0.29) is 22.8 Å². The van der Waals surface area contributed by atoms with Crippen molar-refractivity contribution >= 4 is 41.1 Å². The molecule has 2 fully saturated rings. The Labute approximate surface area is 109 Å². The molecule has 2 bridgehead atoms. The molecule has 2 aliphatic rings. The number of fused-ring (bicyclic) bond motifs is 2. The summed E-state index contributed by atoms with van der Waals surface area (Å²) in [6, 6.07) is 10.5. The van der Waals surface area contributed by atoms with Gasteiger partial charge >= 0.3 is 109 Å². The van der Waals surface area contributed by atoms with E-state index in [0.717, 1.165) is 0 Å². The number of ketones is 1. The van der Waals surface area contributed by atoms with Gasteiger partial charge in [-0.15, -0.1) is 0 Å². The average molecular weight is 346 g/mol. The molecule has 16 heavy (non-hydrogen) atoms. The van der Waals surface area contributed by atoms with Gasteiger partial charge in [0.2, 0.25) is 0 Å². The van der Waals surface area contributed by atoms with E-state index in [2.05, 4.69) is 40.2 Å². The fourth-order valence-electron chi connectivity index (χ4n) is 2.25. The molecule has 0 unspecified atom stereocenters. The molecule has 2 nitrogen and oxygen atoms in total. The van der Waals surface area contributed by atoms with Crippen molar-refractivity contribution in [3.05, 3.63) is 30.3 Å². The third-order valence-electron chi connectivity index (χ3n) is 3.03. The van der Waals surface area contributed by atoms with Crippen LogP contribution in [0.3, 0.4) is 0 Å². The van der Waals surface area contributed by atoms with Crippen molar-refractivity contribution in [3.63, 3.8) is 0 Å². The Balaban J connectivity index is 1.76. The van der Waals surface area contributed by atoms with Crippen molar-refractivity contribution in [1.29, 1.82) is 0 Å². The first-order valence-corrected chi connectivity index (χ1v) is 8.06. The molecule has 0 aromatic heterocycles. The van der Waals surface area contributed by atoms with Crippen molar-refractivity contribution in [2.75, 3.05) is 0 Å². The van der Waals surface area contributed by atoms with Gasteiger partial charge in [-0.2, -0.15) is 0 Å². The summed E-state index contributed by atoms with van der Waals surface area (Å²) >= 11 is 4.01. The number of hydrogen-bond donors (Lipinski definition) is 0. The van der Waals surface area contributed by atoms with Crippen molar-refractivity contribution in [1.82, 2.24) is 0 Å². The number of benzene rings is 1. The minimum absolute atomic E-state index is 0.155. The molecule has 1 aromatic rings. The molecular formula is C12H11BrO2Se. The van der Waals surface area contributed by atoms with Crippen LogP contribution in [0.2, 0.25) is 4.82 Å². The Morgan fingerprint density at radius 3 is 2.69 bits per heavy atom. The first-order chi connectivity index (χ1) is 7.75. The van der Waals surface area contributed by atoms with Crippen molar-refractivity contribution < 1.29 is 9.53 Å². The molecule has 0 aliphatic carbocycles. The van der Waals surface area contributed by atoms with Crippen LogP contribution in [-0.2, 0) is 9.53 Å². The summed E-state index contributed by atoms with van der Waals surface area (Å²) in [7, 11) is 0. The van der Waals surface area contributed by atoms with Crippen LogP contribution in [-0.4, -0.2) is 37.8 Å². The number of carbonyl (C=O) groups is 1. The second-order valence-electron chi connectivity index (χ2n) is 4.11. The van der Waals surface area contributed by atoms with Gasteiger partial charge in [-0.3, -0.25) is 0 Å². The Bertz CT molecular complexity index is 407. The number of Topliss-reactive ketones (excluding diaryl/α,β-unsaturated/α-hetero) is 1. The molecular weight excluding hydrogens is 335 g/mol. The molecule has 0 amide bonds. The summed E-state index contributed by atoms with van der Waals surface area (Å²) in [5.74, 6) is 0.270. The second-order valence-corrected chi connectivity index (χ2v) is 7.79. The molecule has 4 heteroatoms. The van der Waals surface area contributed by atoms with Crippen LogP contribution in [0, 0.1) is 0 Å². The second kappa shape index (κ2) is 4.26. The summed E-state index contributed by atoms with van der Waals surface area (Å²) in [5, 5.41) is 0. The van der Waals surface area contributed by atoms with Crippen LogP contribution in [0.5, 0.6) is 0 Å². The normalized spacial score (nSPS) is 36.9. The van der Waals surface area contributed by atoms with Crippen LogP contribution in [0.1, 0.15) is 6.42 Å². The average Bonchev–Trinajstić information content (AvgIpc) is 2.80. The number of rotatable bonds is 2. The predicted molar refractivity (Wildman–Crippen MR) is 66.6 cm³/mol. The minimum atomic E-state index is -0.180. The summed E-state index contributed by atoms with van der Waals surface area (Å²) in [6.45, 7) is 0. The van der Waals surface area contributed by atoms with Gasteiger partial charge in [0.05, 0.1) is 0 Å². The fourth-order valence-corrected chi connectivity index (χ4v) is 6.11. The van der Waals surface area contributed by atoms with E-state index in [0.29, 0.717) is 26.2 Å². The first-order valence-electron chi connectivity index (χ1n) is 5.29. The fraction of sp³-hybridized carbons (Fsp3) is 0.417. The van der Waals surface area contributed by atoms with Gasteiger partial charge in [0.25, 0.3) is 0 Å². The molecule has 1 aromatic carbocycles. The van der Waals surface area contributed by atoms with E-state index in [9.17, 15) is 4.79 Å². The third-order valence-corrected chi connectivity index (χ3v) is 7.83. The molecule has 84 valence electrons. The van der Waals surface area contributed by atoms with Gasteiger partial charge in [-0.05, 0) is 0 Å². The molecule has 0 N–H and O–H groups in total. The van der Waals surface area contributed by atoms with Gasteiger partial charge < -0.3 is 0 Å². The van der Waals surface area contributed by atoms with E-state index >= 15 is 0 Å². The van der Waals surface area contributed by atoms with Gasteiger partial charge in [-0.25, -0.2) is 0 Å². The van der Waals surface area contributed by atoms with Gasteiger partial charge in [-0.1, -0.05) is 0 Å². The van der Waals surface area contributed by atoms with E-state index in [4.69, 9.17) is 4.74 Å².